The van der Waals surface area contributed by atoms with E-state index in [0.29, 0.717) is 43.3 Å². The summed E-state index contributed by atoms with van der Waals surface area (Å²) in [5.41, 5.74) is 0.638. The van der Waals surface area contributed by atoms with E-state index < -0.39 is 5.97 Å². The van der Waals surface area contributed by atoms with E-state index in [1.807, 2.05) is 4.90 Å². The average Bonchev–Trinajstić information content (AvgIpc) is 3.08. The number of aromatic nitrogens is 1. The molecular weight excluding hydrogens is 275 g/mol. The molecule has 0 radical (unpaired) electrons. The number of benzene rings is 1. The van der Waals surface area contributed by atoms with Gasteiger partial charge in [0.15, 0.2) is 5.76 Å². The van der Waals surface area contributed by atoms with Gasteiger partial charge in [0.05, 0.1) is 18.7 Å². The molecule has 0 saturated carbocycles. The second-order valence-electron chi connectivity index (χ2n) is 5.19. The number of carbonyl (C=O) groups is 1. The van der Waals surface area contributed by atoms with Crippen LogP contribution in [0.4, 0.5) is 4.39 Å². The highest BCUT2D eigenvalue weighted by molar-refractivity contribution is 5.70. The van der Waals surface area contributed by atoms with Crippen molar-refractivity contribution in [2.75, 3.05) is 13.1 Å². The third kappa shape index (κ3) is 3.11. The zero-order chi connectivity index (χ0) is 14.8. The van der Waals surface area contributed by atoms with Crippen molar-refractivity contribution in [2.45, 2.75) is 13.0 Å². The molecule has 1 atom stereocenters. The fourth-order valence-electron chi connectivity index (χ4n) is 2.53. The van der Waals surface area contributed by atoms with Gasteiger partial charge in [-0.1, -0.05) is 12.1 Å². The van der Waals surface area contributed by atoms with Crippen molar-refractivity contribution in [1.29, 1.82) is 0 Å². The molecule has 0 bridgehead atoms. The summed E-state index contributed by atoms with van der Waals surface area (Å²) in [4.78, 5) is 17.1. The first-order valence-electron chi connectivity index (χ1n) is 6.77. The molecule has 110 valence electrons. The van der Waals surface area contributed by atoms with Gasteiger partial charge >= 0.3 is 5.97 Å². The van der Waals surface area contributed by atoms with Crippen LogP contribution in [0.3, 0.4) is 0 Å². The number of hydrogen-bond acceptors (Lipinski definition) is 4. The quantitative estimate of drug-likeness (QED) is 0.936. The summed E-state index contributed by atoms with van der Waals surface area (Å²) in [5.74, 6) is -0.374. The van der Waals surface area contributed by atoms with Crippen LogP contribution in [0.1, 0.15) is 12.3 Å². The number of halogens is 1. The minimum absolute atomic E-state index is 0.317. The van der Waals surface area contributed by atoms with Gasteiger partial charge in [-0.05, 0) is 25.1 Å². The zero-order valence-corrected chi connectivity index (χ0v) is 11.3. The van der Waals surface area contributed by atoms with Gasteiger partial charge in [0.1, 0.15) is 5.82 Å². The maximum Gasteiger partial charge on any atom is 0.307 e. The molecule has 1 aliphatic rings. The molecule has 3 rings (SSSR count). The van der Waals surface area contributed by atoms with E-state index in [4.69, 9.17) is 9.52 Å². The molecular formula is C15H15FN2O3. The zero-order valence-electron chi connectivity index (χ0n) is 11.3. The highest BCUT2D eigenvalue weighted by Gasteiger charge is 2.28. The number of hydrogen-bond donors (Lipinski definition) is 1. The van der Waals surface area contributed by atoms with Gasteiger partial charge in [0, 0.05) is 12.1 Å². The van der Waals surface area contributed by atoms with E-state index in [1.54, 1.807) is 18.3 Å². The first-order chi connectivity index (χ1) is 10.1. The number of aliphatic carboxylic acids is 1. The van der Waals surface area contributed by atoms with Crippen LogP contribution in [0.5, 0.6) is 0 Å². The van der Waals surface area contributed by atoms with Crippen LogP contribution in [0.25, 0.3) is 11.3 Å². The van der Waals surface area contributed by atoms with Gasteiger partial charge in [-0.15, -0.1) is 0 Å². The first kappa shape index (κ1) is 13.8. The molecule has 6 heteroatoms. The largest absolute Gasteiger partial charge is 0.481 e. The minimum Gasteiger partial charge on any atom is -0.481 e. The Labute approximate surface area is 121 Å². The molecule has 1 N–H and O–H groups in total. The van der Waals surface area contributed by atoms with Gasteiger partial charge in [0.2, 0.25) is 5.89 Å². The molecule has 1 unspecified atom stereocenters. The second kappa shape index (κ2) is 5.65. The first-order valence-corrected chi connectivity index (χ1v) is 6.77. The summed E-state index contributed by atoms with van der Waals surface area (Å²) >= 11 is 0. The summed E-state index contributed by atoms with van der Waals surface area (Å²) in [7, 11) is 0. The Morgan fingerprint density at radius 1 is 1.52 bits per heavy atom. The average molecular weight is 290 g/mol. The van der Waals surface area contributed by atoms with E-state index in [2.05, 4.69) is 4.98 Å². The third-order valence-corrected chi connectivity index (χ3v) is 3.64. The lowest BCUT2D eigenvalue weighted by molar-refractivity contribution is -0.141. The highest BCUT2D eigenvalue weighted by atomic mass is 19.1. The summed E-state index contributed by atoms with van der Waals surface area (Å²) < 4.78 is 18.8. The number of carboxylic acid groups (broad SMARTS) is 1. The molecule has 21 heavy (non-hydrogen) atoms. The number of nitrogens with zero attached hydrogens (tertiary/aromatic N) is 2. The predicted octanol–water partition coefficient (Wildman–Crippen LogP) is 2.39. The number of rotatable bonds is 4. The topological polar surface area (TPSA) is 66.6 Å². The Balaban J connectivity index is 1.67. The fraction of sp³-hybridized carbons (Fsp3) is 0.333. The summed E-state index contributed by atoms with van der Waals surface area (Å²) in [6, 6.07) is 6.13. The Kier molecular flexibility index (Phi) is 3.70. The molecule has 1 aromatic carbocycles. The van der Waals surface area contributed by atoms with Crippen molar-refractivity contribution >= 4 is 5.97 Å². The standard InChI is InChI=1S/C15H15FN2O3/c16-12-3-1-2-10(6-12)13-7-17-14(21-13)9-18-5-4-11(8-18)15(19)20/h1-3,6-7,11H,4-5,8-9H2,(H,19,20). The monoisotopic (exact) mass is 290 g/mol. The highest BCUT2D eigenvalue weighted by Crippen LogP contribution is 2.23. The number of likely N-dealkylation sites (tertiary alicyclic amines) is 1. The van der Waals surface area contributed by atoms with Crippen molar-refractivity contribution < 1.29 is 18.7 Å². The molecule has 2 heterocycles. The van der Waals surface area contributed by atoms with Crippen LogP contribution in [-0.2, 0) is 11.3 Å². The van der Waals surface area contributed by atoms with Crippen molar-refractivity contribution in [2.24, 2.45) is 5.92 Å². The summed E-state index contributed by atoms with van der Waals surface area (Å²) in [6.07, 6.45) is 2.21. The van der Waals surface area contributed by atoms with Gasteiger partial charge in [0.25, 0.3) is 0 Å². The Bertz CT molecular complexity index is 656. The lowest BCUT2D eigenvalue weighted by Crippen LogP contribution is -2.22. The van der Waals surface area contributed by atoms with Gasteiger partial charge < -0.3 is 9.52 Å². The van der Waals surface area contributed by atoms with Crippen LogP contribution >= 0.6 is 0 Å². The summed E-state index contributed by atoms with van der Waals surface area (Å²) in [6.45, 7) is 1.70. The van der Waals surface area contributed by atoms with E-state index in [-0.39, 0.29) is 11.7 Å². The SMILES string of the molecule is O=C(O)C1CCN(Cc2ncc(-c3cccc(F)c3)o2)C1. The molecule has 0 spiro atoms. The van der Waals surface area contributed by atoms with Crippen molar-refractivity contribution in [1.82, 2.24) is 9.88 Å². The van der Waals surface area contributed by atoms with Crippen molar-refractivity contribution in [3.05, 3.63) is 42.2 Å². The number of carboxylic acids is 1. The predicted molar refractivity (Wildman–Crippen MR) is 72.9 cm³/mol. The molecule has 1 aromatic heterocycles. The van der Waals surface area contributed by atoms with Crippen LogP contribution in [0.2, 0.25) is 0 Å². The lowest BCUT2D eigenvalue weighted by atomic mass is 10.1. The van der Waals surface area contributed by atoms with Gasteiger partial charge in [-0.25, -0.2) is 9.37 Å². The molecule has 2 aromatic rings. The molecule has 1 fully saturated rings. The molecule has 0 amide bonds. The second-order valence-corrected chi connectivity index (χ2v) is 5.19. The molecule has 0 aliphatic carbocycles. The van der Waals surface area contributed by atoms with Crippen molar-refractivity contribution in [3.63, 3.8) is 0 Å². The Hall–Kier alpha value is -2.21. The lowest BCUT2D eigenvalue weighted by Gasteiger charge is -2.11. The van der Waals surface area contributed by atoms with Gasteiger partial charge in [-0.3, -0.25) is 9.69 Å². The fourth-order valence-corrected chi connectivity index (χ4v) is 2.53. The molecule has 5 nitrogen and oxygen atoms in total. The maximum absolute atomic E-state index is 13.2. The van der Waals surface area contributed by atoms with Crippen molar-refractivity contribution in [3.8, 4) is 11.3 Å². The van der Waals surface area contributed by atoms with E-state index >= 15 is 0 Å². The van der Waals surface area contributed by atoms with E-state index in [9.17, 15) is 9.18 Å². The van der Waals surface area contributed by atoms with Gasteiger partial charge in [-0.2, -0.15) is 0 Å². The Morgan fingerprint density at radius 3 is 3.10 bits per heavy atom. The smallest absolute Gasteiger partial charge is 0.307 e. The van der Waals surface area contributed by atoms with Crippen LogP contribution in [-0.4, -0.2) is 34.0 Å². The van der Waals surface area contributed by atoms with Crippen LogP contribution in [0, 0.1) is 11.7 Å². The summed E-state index contributed by atoms with van der Waals surface area (Å²) in [5, 5.41) is 8.97. The molecule has 1 saturated heterocycles. The molecule has 1 aliphatic heterocycles. The normalized spacial score (nSPS) is 19.0. The number of oxazole rings is 1. The maximum atomic E-state index is 13.2. The van der Waals surface area contributed by atoms with Crippen LogP contribution in [0.15, 0.2) is 34.9 Å². The van der Waals surface area contributed by atoms with E-state index in [0.717, 1.165) is 0 Å². The van der Waals surface area contributed by atoms with E-state index in [1.165, 1.54) is 12.1 Å². The Morgan fingerprint density at radius 2 is 2.38 bits per heavy atom. The third-order valence-electron chi connectivity index (χ3n) is 3.64. The van der Waals surface area contributed by atoms with Crippen LogP contribution < -0.4 is 0 Å². The minimum atomic E-state index is -0.759.